The number of thioether (sulfide) groups is 1. The Hall–Kier alpha value is -1.73. The lowest BCUT2D eigenvalue weighted by atomic mass is 9.88. The van der Waals surface area contributed by atoms with Crippen LogP contribution in [0.25, 0.3) is 0 Å². The van der Waals surface area contributed by atoms with E-state index in [1.54, 1.807) is 24.0 Å². The molecule has 1 amide bonds. The molecule has 3 N–H and O–H groups in total. The normalized spacial score (nSPS) is 14.0. The third-order valence-electron chi connectivity index (χ3n) is 4.10. The maximum absolute atomic E-state index is 12.3. The molecule has 6 nitrogen and oxygen atoms in total. The van der Waals surface area contributed by atoms with Crippen LogP contribution in [0.5, 0.6) is 0 Å². The quantitative estimate of drug-likeness (QED) is 0.758. The van der Waals surface area contributed by atoms with E-state index in [0.717, 1.165) is 10.9 Å². The second kappa shape index (κ2) is 7.23. The first kappa shape index (κ1) is 17.6. The summed E-state index contributed by atoms with van der Waals surface area (Å²) < 4.78 is 7.58. The molecule has 23 heavy (non-hydrogen) atoms. The summed E-state index contributed by atoms with van der Waals surface area (Å²) in [4.78, 5) is 16.6. The summed E-state index contributed by atoms with van der Waals surface area (Å²) in [5.74, 6) is 1.66. The largest absolute Gasteiger partial charge is 0.455 e. The first-order chi connectivity index (χ1) is 10.9. The molecule has 2 heterocycles. The van der Waals surface area contributed by atoms with Gasteiger partial charge in [-0.25, -0.2) is 4.98 Å². The van der Waals surface area contributed by atoms with Gasteiger partial charge in [0.2, 0.25) is 0 Å². The minimum atomic E-state index is -0.453. The van der Waals surface area contributed by atoms with E-state index < -0.39 is 5.54 Å². The Morgan fingerprint density at radius 2 is 2.26 bits per heavy atom. The number of hydrogen-bond acceptors (Lipinski definition) is 5. The number of amides is 1. The Morgan fingerprint density at radius 1 is 1.52 bits per heavy atom. The number of aromatic nitrogens is 2. The van der Waals surface area contributed by atoms with Gasteiger partial charge < -0.3 is 20.0 Å². The molecule has 0 aliphatic heterocycles. The van der Waals surface area contributed by atoms with E-state index in [0.29, 0.717) is 18.1 Å². The molecule has 2 rings (SSSR count). The van der Waals surface area contributed by atoms with Gasteiger partial charge in [0.1, 0.15) is 5.76 Å². The van der Waals surface area contributed by atoms with Gasteiger partial charge in [-0.2, -0.15) is 0 Å². The monoisotopic (exact) mass is 336 g/mol. The number of carbonyl (C=O) groups excluding carboxylic acids is 1. The van der Waals surface area contributed by atoms with Crippen LogP contribution in [-0.4, -0.2) is 27.5 Å². The van der Waals surface area contributed by atoms with E-state index >= 15 is 0 Å². The number of rotatable bonds is 7. The molecule has 0 radical (unpaired) electrons. The van der Waals surface area contributed by atoms with Crippen LogP contribution >= 0.6 is 11.8 Å². The highest BCUT2D eigenvalue weighted by molar-refractivity contribution is 7.98. The molecule has 2 aromatic rings. The van der Waals surface area contributed by atoms with Gasteiger partial charge in [-0.05, 0) is 25.0 Å². The molecule has 0 spiro atoms. The van der Waals surface area contributed by atoms with Gasteiger partial charge in [-0.3, -0.25) is 4.79 Å². The number of hydrogen-bond donors (Lipinski definition) is 2. The number of nitrogens with zero attached hydrogens (tertiary/aromatic N) is 2. The highest BCUT2D eigenvalue weighted by Gasteiger charge is 2.29. The van der Waals surface area contributed by atoms with Gasteiger partial charge in [-0.15, -0.1) is 0 Å². The zero-order chi connectivity index (χ0) is 17.0. The molecule has 1 atom stereocenters. The van der Waals surface area contributed by atoms with Gasteiger partial charge in [0.05, 0.1) is 11.3 Å². The van der Waals surface area contributed by atoms with Crippen LogP contribution in [0.15, 0.2) is 34.1 Å². The fraction of sp³-hybridized carbons (Fsp3) is 0.500. The number of furan rings is 1. The van der Waals surface area contributed by atoms with Crippen LogP contribution in [0, 0.1) is 5.92 Å². The summed E-state index contributed by atoms with van der Waals surface area (Å²) in [6, 6.07) is 3.51. The molecule has 0 saturated heterocycles. The Bertz CT molecular complexity index is 665. The van der Waals surface area contributed by atoms with Crippen molar-refractivity contribution in [1.82, 2.24) is 14.9 Å². The second-order valence-electron chi connectivity index (χ2n) is 6.11. The van der Waals surface area contributed by atoms with Crippen molar-refractivity contribution in [2.24, 2.45) is 18.7 Å². The molecular weight excluding hydrogens is 312 g/mol. The number of nitrogens with one attached hydrogen (secondary N) is 1. The van der Waals surface area contributed by atoms with Gasteiger partial charge in [0.25, 0.3) is 5.91 Å². The number of aryl methyl sites for hydroxylation is 1. The zero-order valence-corrected chi connectivity index (χ0v) is 14.8. The van der Waals surface area contributed by atoms with E-state index in [4.69, 9.17) is 10.2 Å². The highest BCUT2D eigenvalue weighted by Crippen LogP contribution is 2.22. The van der Waals surface area contributed by atoms with Crippen LogP contribution in [0.3, 0.4) is 0 Å². The maximum atomic E-state index is 12.3. The van der Waals surface area contributed by atoms with Crippen LogP contribution in [0.1, 0.15) is 37.1 Å². The smallest absolute Gasteiger partial charge is 0.287 e. The van der Waals surface area contributed by atoms with Crippen molar-refractivity contribution in [3.8, 4) is 0 Å². The molecule has 0 bridgehead atoms. The highest BCUT2D eigenvalue weighted by atomic mass is 32.2. The number of carbonyl (C=O) groups is 1. The average Bonchev–Trinajstić information content (AvgIpc) is 3.13. The number of nitrogens with two attached hydrogens (primary N) is 1. The van der Waals surface area contributed by atoms with E-state index in [1.807, 2.05) is 44.6 Å². The topological polar surface area (TPSA) is 86.1 Å². The Morgan fingerprint density at radius 3 is 2.83 bits per heavy atom. The molecule has 0 aromatic carbocycles. The maximum Gasteiger partial charge on any atom is 0.287 e. The van der Waals surface area contributed by atoms with Crippen LogP contribution < -0.4 is 11.1 Å². The predicted octanol–water partition coefficient (Wildman–Crippen LogP) is 2.41. The minimum absolute atomic E-state index is 0.227. The third-order valence-corrected chi connectivity index (χ3v) is 5.18. The van der Waals surface area contributed by atoms with Crippen LogP contribution in [-0.2, 0) is 12.8 Å². The lowest BCUT2D eigenvalue weighted by molar-refractivity contribution is 0.0853. The lowest BCUT2D eigenvalue weighted by Crippen LogP contribution is -2.54. The molecule has 0 saturated carbocycles. The van der Waals surface area contributed by atoms with Crippen molar-refractivity contribution in [2.75, 3.05) is 6.54 Å². The molecular formula is C16H24N4O2S. The second-order valence-corrected chi connectivity index (χ2v) is 7.05. The Balaban J connectivity index is 1.98. The standard InChI is InChI=1S/C16H24N4O2S/c1-11(2)16(3,10-17)19-14(21)13-6-5-12(22-13)9-23-15-18-7-8-20(15)4/h5-8,11H,9-10,17H2,1-4H3,(H,19,21). The number of imidazole rings is 1. The summed E-state index contributed by atoms with van der Waals surface area (Å²) in [5, 5.41) is 3.88. The summed E-state index contributed by atoms with van der Waals surface area (Å²) >= 11 is 1.56. The SMILES string of the molecule is CC(C)C(C)(CN)NC(=O)c1ccc(CSc2nccn2C)o1. The van der Waals surface area contributed by atoms with Crippen molar-refractivity contribution < 1.29 is 9.21 Å². The minimum Gasteiger partial charge on any atom is -0.455 e. The van der Waals surface area contributed by atoms with Crippen LogP contribution in [0.4, 0.5) is 0 Å². The van der Waals surface area contributed by atoms with Crippen molar-refractivity contribution in [3.05, 3.63) is 36.0 Å². The molecule has 126 valence electrons. The van der Waals surface area contributed by atoms with Gasteiger partial charge in [0, 0.05) is 26.0 Å². The first-order valence-corrected chi connectivity index (χ1v) is 8.55. The lowest BCUT2D eigenvalue weighted by Gasteiger charge is -2.33. The third kappa shape index (κ3) is 4.17. The van der Waals surface area contributed by atoms with Crippen molar-refractivity contribution >= 4 is 17.7 Å². The Labute approximate surface area is 140 Å². The van der Waals surface area contributed by atoms with Crippen molar-refractivity contribution in [2.45, 2.75) is 37.2 Å². The molecule has 7 heteroatoms. The fourth-order valence-electron chi connectivity index (χ4n) is 1.96. The summed E-state index contributed by atoms with van der Waals surface area (Å²) in [6.45, 7) is 6.38. The summed E-state index contributed by atoms with van der Waals surface area (Å²) in [6.07, 6.45) is 3.64. The van der Waals surface area contributed by atoms with E-state index in [1.165, 1.54) is 0 Å². The van der Waals surface area contributed by atoms with E-state index in [-0.39, 0.29) is 11.8 Å². The van der Waals surface area contributed by atoms with Gasteiger partial charge in [-0.1, -0.05) is 25.6 Å². The molecule has 0 aliphatic rings. The summed E-state index contributed by atoms with van der Waals surface area (Å²) in [5.41, 5.74) is 5.35. The molecule has 2 aromatic heterocycles. The zero-order valence-electron chi connectivity index (χ0n) is 14.0. The predicted molar refractivity (Wildman–Crippen MR) is 91.2 cm³/mol. The fourth-order valence-corrected chi connectivity index (χ4v) is 2.78. The Kier molecular flexibility index (Phi) is 5.54. The molecule has 1 unspecified atom stereocenters. The van der Waals surface area contributed by atoms with Crippen molar-refractivity contribution in [1.29, 1.82) is 0 Å². The van der Waals surface area contributed by atoms with Crippen molar-refractivity contribution in [3.63, 3.8) is 0 Å². The summed E-state index contributed by atoms with van der Waals surface area (Å²) in [7, 11) is 1.94. The van der Waals surface area contributed by atoms with Gasteiger partial charge in [0.15, 0.2) is 10.9 Å². The van der Waals surface area contributed by atoms with Crippen LogP contribution in [0.2, 0.25) is 0 Å². The van der Waals surface area contributed by atoms with E-state index in [9.17, 15) is 4.79 Å². The molecule has 0 aliphatic carbocycles. The van der Waals surface area contributed by atoms with Gasteiger partial charge >= 0.3 is 0 Å². The molecule has 0 fully saturated rings. The first-order valence-electron chi connectivity index (χ1n) is 7.57. The van der Waals surface area contributed by atoms with E-state index in [2.05, 4.69) is 10.3 Å². The average molecular weight is 336 g/mol.